The Labute approximate surface area is 171 Å². The molecule has 8 heteroatoms. The number of nitrogens with one attached hydrogen (secondary N) is 2. The predicted octanol–water partition coefficient (Wildman–Crippen LogP) is 2.51. The molecule has 2 heterocycles. The van der Waals surface area contributed by atoms with Gasteiger partial charge in [-0.25, -0.2) is 14.0 Å². The van der Waals surface area contributed by atoms with Crippen LogP contribution >= 0.6 is 0 Å². The summed E-state index contributed by atoms with van der Waals surface area (Å²) in [6.45, 7) is 0.186. The van der Waals surface area contributed by atoms with Gasteiger partial charge in [0.1, 0.15) is 11.9 Å². The standard InChI is InChI=1S/C22H19FN2O5/c23-15-7-5-13(6-8-15)20(26)25-18(21(27)30-19-9-10-29-22(19)28)11-14-12-24-17-4-2-1-3-16(14)17/h1-8,12,18-19,24H,9-11H2,(H,25,26). The first-order chi connectivity index (χ1) is 14.5. The molecule has 30 heavy (non-hydrogen) atoms. The summed E-state index contributed by atoms with van der Waals surface area (Å²) in [4.78, 5) is 40.2. The number of hydrogen-bond acceptors (Lipinski definition) is 5. The number of esters is 2. The SMILES string of the molecule is O=C(NC(Cc1c[nH]c2ccccc12)C(=O)OC1CCOC1=O)c1ccc(F)cc1. The molecule has 2 unspecified atom stereocenters. The Bertz CT molecular complexity index is 1090. The maximum atomic E-state index is 13.2. The van der Waals surface area contributed by atoms with Gasteiger partial charge in [-0.2, -0.15) is 0 Å². The Balaban J connectivity index is 1.56. The summed E-state index contributed by atoms with van der Waals surface area (Å²) in [6, 6.07) is 11.5. The first kappa shape index (κ1) is 19.6. The van der Waals surface area contributed by atoms with Crippen LogP contribution < -0.4 is 5.32 Å². The minimum absolute atomic E-state index is 0.150. The van der Waals surface area contributed by atoms with Crippen LogP contribution in [-0.2, 0) is 25.5 Å². The lowest BCUT2D eigenvalue weighted by Gasteiger charge is -2.19. The fourth-order valence-electron chi connectivity index (χ4n) is 3.36. The lowest BCUT2D eigenvalue weighted by atomic mass is 10.0. The van der Waals surface area contributed by atoms with Crippen LogP contribution in [0.15, 0.2) is 54.7 Å². The van der Waals surface area contributed by atoms with Gasteiger partial charge in [0.15, 0.2) is 0 Å². The topological polar surface area (TPSA) is 97.5 Å². The van der Waals surface area contributed by atoms with Gasteiger partial charge in [0.05, 0.1) is 6.61 Å². The lowest BCUT2D eigenvalue weighted by molar-refractivity contribution is -0.161. The number of rotatable bonds is 6. The quantitative estimate of drug-likeness (QED) is 0.609. The highest BCUT2D eigenvalue weighted by Crippen LogP contribution is 2.20. The van der Waals surface area contributed by atoms with Crippen molar-refractivity contribution in [2.75, 3.05) is 6.61 Å². The fourth-order valence-corrected chi connectivity index (χ4v) is 3.36. The zero-order valence-corrected chi connectivity index (χ0v) is 15.9. The van der Waals surface area contributed by atoms with Crippen LogP contribution in [0.5, 0.6) is 0 Å². The number of carbonyl (C=O) groups is 3. The van der Waals surface area contributed by atoms with Gasteiger partial charge >= 0.3 is 11.9 Å². The Morgan fingerprint density at radius 2 is 1.97 bits per heavy atom. The number of cyclic esters (lactones) is 1. The largest absolute Gasteiger partial charge is 0.463 e. The molecular weight excluding hydrogens is 391 g/mol. The molecule has 7 nitrogen and oxygen atoms in total. The fraction of sp³-hybridized carbons (Fsp3) is 0.227. The molecule has 0 bridgehead atoms. The van der Waals surface area contributed by atoms with Crippen LogP contribution in [0.25, 0.3) is 10.9 Å². The van der Waals surface area contributed by atoms with E-state index in [1.54, 1.807) is 6.20 Å². The molecule has 0 saturated carbocycles. The van der Waals surface area contributed by atoms with Crippen LogP contribution in [0.3, 0.4) is 0 Å². The Hall–Kier alpha value is -3.68. The molecule has 0 aliphatic carbocycles. The van der Waals surface area contributed by atoms with Crippen molar-refractivity contribution in [3.8, 4) is 0 Å². The third kappa shape index (κ3) is 4.17. The summed E-state index contributed by atoms with van der Waals surface area (Å²) in [7, 11) is 0. The third-order valence-corrected chi connectivity index (χ3v) is 4.94. The number of amides is 1. The van der Waals surface area contributed by atoms with Gasteiger partial charge in [-0.1, -0.05) is 18.2 Å². The molecule has 3 aromatic rings. The van der Waals surface area contributed by atoms with Crippen LogP contribution in [0, 0.1) is 5.82 Å². The average molecular weight is 410 g/mol. The zero-order valence-electron chi connectivity index (χ0n) is 15.9. The average Bonchev–Trinajstić information content (AvgIpc) is 3.34. The van der Waals surface area contributed by atoms with E-state index in [4.69, 9.17) is 9.47 Å². The number of halogens is 1. The molecule has 1 aliphatic heterocycles. The van der Waals surface area contributed by atoms with Gasteiger partial charge in [0, 0.05) is 35.5 Å². The first-order valence-corrected chi connectivity index (χ1v) is 9.50. The highest BCUT2D eigenvalue weighted by molar-refractivity contribution is 5.97. The Morgan fingerprint density at radius 3 is 2.70 bits per heavy atom. The molecule has 1 amide bonds. The normalized spacial score (nSPS) is 16.8. The summed E-state index contributed by atoms with van der Waals surface area (Å²) in [5.74, 6) is -2.36. The van der Waals surface area contributed by atoms with Crippen molar-refractivity contribution in [2.45, 2.75) is 25.0 Å². The van der Waals surface area contributed by atoms with Crippen LogP contribution in [-0.4, -0.2) is 41.6 Å². The zero-order chi connectivity index (χ0) is 21.1. The van der Waals surface area contributed by atoms with E-state index in [1.807, 2.05) is 24.3 Å². The van der Waals surface area contributed by atoms with Crippen molar-refractivity contribution >= 4 is 28.7 Å². The number of ether oxygens (including phenoxy) is 2. The minimum atomic E-state index is -1.05. The highest BCUT2D eigenvalue weighted by Gasteiger charge is 2.33. The van der Waals surface area contributed by atoms with E-state index in [2.05, 4.69) is 10.3 Å². The van der Waals surface area contributed by atoms with Gasteiger partial charge in [-0.05, 0) is 35.9 Å². The molecular formula is C22H19FN2O5. The second-order valence-electron chi connectivity index (χ2n) is 6.98. The highest BCUT2D eigenvalue weighted by atomic mass is 19.1. The number of para-hydroxylation sites is 1. The Kier molecular flexibility index (Phi) is 5.47. The molecule has 0 radical (unpaired) electrons. The number of fused-ring (bicyclic) bond motifs is 1. The molecule has 154 valence electrons. The van der Waals surface area contributed by atoms with E-state index in [-0.39, 0.29) is 25.0 Å². The molecule has 0 spiro atoms. The molecule has 1 fully saturated rings. The summed E-state index contributed by atoms with van der Waals surface area (Å²) in [6.07, 6.45) is 1.21. The lowest BCUT2D eigenvalue weighted by Crippen LogP contribution is -2.45. The van der Waals surface area contributed by atoms with Gasteiger partial charge < -0.3 is 19.8 Å². The van der Waals surface area contributed by atoms with Crippen LogP contribution in [0.1, 0.15) is 22.3 Å². The van der Waals surface area contributed by atoms with Gasteiger partial charge in [0.2, 0.25) is 6.10 Å². The second-order valence-corrected chi connectivity index (χ2v) is 6.98. The Morgan fingerprint density at radius 1 is 1.20 bits per heavy atom. The summed E-state index contributed by atoms with van der Waals surface area (Å²) in [5.41, 5.74) is 1.90. The minimum Gasteiger partial charge on any atom is -0.463 e. The molecule has 1 aliphatic rings. The van der Waals surface area contributed by atoms with Crippen molar-refractivity contribution in [1.82, 2.24) is 10.3 Å². The number of aromatic nitrogens is 1. The smallest absolute Gasteiger partial charge is 0.347 e. The number of hydrogen-bond donors (Lipinski definition) is 2. The maximum Gasteiger partial charge on any atom is 0.347 e. The third-order valence-electron chi connectivity index (χ3n) is 4.94. The number of aromatic amines is 1. The maximum absolute atomic E-state index is 13.2. The monoisotopic (exact) mass is 410 g/mol. The molecule has 2 atom stereocenters. The first-order valence-electron chi connectivity index (χ1n) is 9.50. The van der Waals surface area contributed by atoms with Gasteiger partial charge in [-0.3, -0.25) is 4.79 Å². The van der Waals surface area contributed by atoms with Crippen molar-refractivity contribution in [2.24, 2.45) is 0 Å². The van der Waals surface area contributed by atoms with E-state index >= 15 is 0 Å². The molecule has 4 rings (SSSR count). The van der Waals surface area contributed by atoms with E-state index in [1.165, 1.54) is 12.1 Å². The van der Waals surface area contributed by atoms with E-state index in [0.717, 1.165) is 28.6 Å². The van der Waals surface area contributed by atoms with Crippen molar-refractivity contribution in [3.05, 3.63) is 71.7 Å². The summed E-state index contributed by atoms with van der Waals surface area (Å²) in [5, 5.41) is 3.55. The summed E-state index contributed by atoms with van der Waals surface area (Å²) >= 11 is 0. The van der Waals surface area contributed by atoms with Gasteiger partial charge in [-0.15, -0.1) is 0 Å². The predicted molar refractivity (Wildman–Crippen MR) is 105 cm³/mol. The molecule has 2 N–H and O–H groups in total. The van der Waals surface area contributed by atoms with Crippen LogP contribution in [0.2, 0.25) is 0 Å². The number of H-pyrrole nitrogens is 1. The van der Waals surface area contributed by atoms with E-state index in [0.29, 0.717) is 0 Å². The van der Waals surface area contributed by atoms with Crippen molar-refractivity contribution in [1.29, 1.82) is 0 Å². The summed E-state index contributed by atoms with van der Waals surface area (Å²) < 4.78 is 23.3. The second kappa shape index (κ2) is 8.36. The van der Waals surface area contributed by atoms with Crippen molar-refractivity contribution in [3.63, 3.8) is 0 Å². The number of benzene rings is 2. The number of carbonyl (C=O) groups excluding carboxylic acids is 3. The van der Waals surface area contributed by atoms with E-state index < -0.39 is 35.8 Å². The molecule has 2 aromatic carbocycles. The van der Waals surface area contributed by atoms with E-state index in [9.17, 15) is 18.8 Å². The van der Waals surface area contributed by atoms with Gasteiger partial charge in [0.25, 0.3) is 5.91 Å². The molecule has 1 saturated heterocycles. The van der Waals surface area contributed by atoms with Crippen molar-refractivity contribution < 1.29 is 28.2 Å². The molecule has 1 aromatic heterocycles. The van der Waals surface area contributed by atoms with Crippen LogP contribution in [0.4, 0.5) is 4.39 Å².